The van der Waals surface area contributed by atoms with Crippen LogP contribution in [0.15, 0.2) is 18.2 Å². The standard InChI is InChI=1S/C13H21FN2O/c1-4-16(10(2)9-17-3)12-6-5-11(8-15)13(14)7-12/h5-7,10H,4,8-9,15H2,1-3H3. The Hall–Kier alpha value is -1.13. The van der Waals surface area contributed by atoms with E-state index in [0.29, 0.717) is 12.2 Å². The van der Waals surface area contributed by atoms with Gasteiger partial charge in [0.05, 0.1) is 6.61 Å². The first-order chi connectivity index (χ1) is 8.13. The molecule has 2 N–H and O–H groups in total. The fourth-order valence-electron chi connectivity index (χ4n) is 1.96. The Bertz CT molecular complexity index is 357. The lowest BCUT2D eigenvalue weighted by atomic mass is 10.1. The van der Waals surface area contributed by atoms with E-state index in [1.165, 1.54) is 6.07 Å². The van der Waals surface area contributed by atoms with Crippen LogP contribution in [-0.4, -0.2) is 26.3 Å². The van der Waals surface area contributed by atoms with Crippen molar-refractivity contribution >= 4 is 5.69 Å². The highest BCUT2D eigenvalue weighted by Gasteiger charge is 2.14. The number of anilines is 1. The topological polar surface area (TPSA) is 38.5 Å². The molecule has 1 atom stereocenters. The fourth-order valence-corrected chi connectivity index (χ4v) is 1.96. The largest absolute Gasteiger partial charge is 0.383 e. The number of rotatable bonds is 6. The molecular formula is C13H21FN2O. The highest BCUT2D eigenvalue weighted by Crippen LogP contribution is 2.20. The molecule has 0 saturated carbocycles. The van der Waals surface area contributed by atoms with E-state index in [0.717, 1.165) is 12.2 Å². The maximum absolute atomic E-state index is 13.7. The van der Waals surface area contributed by atoms with Crippen molar-refractivity contribution in [3.8, 4) is 0 Å². The second-order valence-corrected chi connectivity index (χ2v) is 4.07. The van der Waals surface area contributed by atoms with Crippen molar-refractivity contribution in [3.63, 3.8) is 0 Å². The van der Waals surface area contributed by atoms with Crippen molar-refractivity contribution in [2.75, 3.05) is 25.2 Å². The van der Waals surface area contributed by atoms with Crippen molar-refractivity contribution < 1.29 is 9.13 Å². The van der Waals surface area contributed by atoms with Crippen LogP contribution in [0, 0.1) is 5.82 Å². The lowest BCUT2D eigenvalue weighted by Gasteiger charge is -2.30. The van der Waals surface area contributed by atoms with E-state index in [1.54, 1.807) is 13.2 Å². The molecule has 0 amide bonds. The minimum atomic E-state index is -0.243. The van der Waals surface area contributed by atoms with Crippen molar-refractivity contribution in [2.45, 2.75) is 26.4 Å². The molecule has 0 spiro atoms. The molecule has 1 aromatic rings. The molecule has 0 heterocycles. The predicted octanol–water partition coefficient (Wildman–Crippen LogP) is 2.15. The van der Waals surface area contributed by atoms with Crippen LogP contribution in [0.5, 0.6) is 0 Å². The van der Waals surface area contributed by atoms with E-state index in [-0.39, 0.29) is 18.4 Å². The van der Waals surface area contributed by atoms with Gasteiger partial charge in [-0.3, -0.25) is 0 Å². The normalized spacial score (nSPS) is 12.5. The van der Waals surface area contributed by atoms with Gasteiger partial charge in [-0.1, -0.05) is 6.07 Å². The molecule has 1 aromatic carbocycles. The number of likely N-dealkylation sites (N-methyl/N-ethyl adjacent to an activating group) is 1. The molecule has 17 heavy (non-hydrogen) atoms. The Morgan fingerprint density at radius 1 is 1.47 bits per heavy atom. The third-order valence-electron chi connectivity index (χ3n) is 2.87. The van der Waals surface area contributed by atoms with Crippen LogP contribution in [0.1, 0.15) is 19.4 Å². The highest BCUT2D eigenvalue weighted by molar-refractivity contribution is 5.49. The summed E-state index contributed by atoms with van der Waals surface area (Å²) >= 11 is 0. The minimum Gasteiger partial charge on any atom is -0.383 e. The average molecular weight is 240 g/mol. The van der Waals surface area contributed by atoms with E-state index in [9.17, 15) is 4.39 Å². The molecule has 0 aliphatic carbocycles. The summed E-state index contributed by atoms with van der Waals surface area (Å²) in [6.07, 6.45) is 0. The van der Waals surface area contributed by atoms with E-state index in [4.69, 9.17) is 10.5 Å². The van der Waals surface area contributed by atoms with Gasteiger partial charge in [0.25, 0.3) is 0 Å². The van der Waals surface area contributed by atoms with E-state index >= 15 is 0 Å². The second kappa shape index (κ2) is 6.57. The van der Waals surface area contributed by atoms with Crippen molar-refractivity contribution in [3.05, 3.63) is 29.6 Å². The first-order valence-corrected chi connectivity index (χ1v) is 5.88. The van der Waals surface area contributed by atoms with Gasteiger partial charge in [0.2, 0.25) is 0 Å². The van der Waals surface area contributed by atoms with Gasteiger partial charge in [-0.15, -0.1) is 0 Å². The van der Waals surface area contributed by atoms with Gasteiger partial charge in [0.1, 0.15) is 5.82 Å². The van der Waals surface area contributed by atoms with Gasteiger partial charge in [0, 0.05) is 37.5 Å². The molecule has 0 radical (unpaired) electrons. The van der Waals surface area contributed by atoms with Gasteiger partial charge in [-0.2, -0.15) is 0 Å². The number of halogens is 1. The first-order valence-electron chi connectivity index (χ1n) is 5.88. The van der Waals surface area contributed by atoms with Gasteiger partial charge < -0.3 is 15.4 Å². The maximum Gasteiger partial charge on any atom is 0.129 e. The summed E-state index contributed by atoms with van der Waals surface area (Å²) in [5, 5.41) is 0. The van der Waals surface area contributed by atoms with Crippen LogP contribution < -0.4 is 10.6 Å². The lowest BCUT2D eigenvalue weighted by Crippen LogP contribution is -2.36. The van der Waals surface area contributed by atoms with Crippen LogP contribution in [0.4, 0.5) is 10.1 Å². The van der Waals surface area contributed by atoms with Crippen LogP contribution in [0.3, 0.4) is 0 Å². The Morgan fingerprint density at radius 2 is 2.18 bits per heavy atom. The number of hydrogen-bond acceptors (Lipinski definition) is 3. The number of methoxy groups -OCH3 is 1. The Labute approximate surface area is 102 Å². The van der Waals surface area contributed by atoms with Crippen LogP contribution >= 0.6 is 0 Å². The quantitative estimate of drug-likeness (QED) is 0.828. The number of benzene rings is 1. The number of ether oxygens (including phenoxy) is 1. The summed E-state index contributed by atoms with van der Waals surface area (Å²) in [5.74, 6) is -0.243. The maximum atomic E-state index is 13.7. The van der Waals surface area contributed by atoms with Gasteiger partial charge >= 0.3 is 0 Å². The molecule has 0 aromatic heterocycles. The highest BCUT2D eigenvalue weighted by atomic mass is 19.1. The second-order valence-electron chi connectivity index (χ2n) is 4.07. The van der Waals surface area contributed by atoms with Gasteiger partial charge in [-0.25, -0.2) is 4.39 Å². The SMILES string of the molecule is CCN(c1ccc(CN)c(F)c1)C(C)COC. The van der Waals surface area contributed by atoms with Crippen LogP contribution in [0.2, 0.25) is 0 Å². The van der Waals surface area contributed by atoms with E-state index in [1.807, 2.05) is 13.0 Å². The summed E-state index contributed by atoms with van der Waals surface area (Å²) in [6, 6.07) is 5.40. The summed E-state index contributed by atoms with van der Waals surface area (Å²) in [6.45, 7) is 5.76. The Kier molecular flexibility index (Phi) is 5.38. The summed E-state index contributed by atoms with van der Waals surface area (Å²) in [5.41, 5.74) is 6.86. The third kappa shape index (κ3) is 3.41. The molecule has 0 saturated heterocycles. The molecule has 1 rings (SSSR count). The summed E-state index contributed by atoms with van der Waals surface area (Å²) in [7, 11) is 1.67. The lowest BCUT2D eigenvalue weighted by molar-refractivity contribution is 0.182. The zero-order valence-corrected chi connectivity index (χ0v) is 10.7. The summed E-state index contributed by atoms with van der Waals surface area (Å²) < 4.78 is 18.8. The fraction of sp³-hybridized carbons (Fsp3) is 0.538. The molecule has 0 aliphatic rings. The number of nitrogens with zero attached hydrogens (tertiary/aromatic N) is 1. The number of nitrogens with two attached hydrogens (primary N) is 1. The minimum absolute atomic E-state index is 0.216. The zero-order chi connectivity index (χ0) is 12.8. The monoisotopic (exact) mass is 240 g/mol. The average Bonchev–Trinajstić information content (AvgIpc) is 2.30. The van der Waals surface area contributed by atoms with Crippen LogP contribution in [-0.2, 0) is 11.3 Å². The van der Waals surface area contributed by atoms with Crippen molar-refractivity contribution in [2.24, 2.45) is 5.73 Å². The molecule has 3 nitrogen and oxygen atoms in total. The molecular weight excluding hydrogens is 219 g/mol. The Balaban J connectivity index is 2.92. The predicted molar refractivity (Wildman–Crippen MR) is 68.6 cm³/mol. The van der Waals surface area contributed by atoms with Crippen LogP contribution in [0.25, 0.3) is 0 Å². The van der Waals surface area contributed by atoms with E-state index in [2.05, 4.69) is 11.8 Å². The molecule has 4 heteroatoms. The number of hydrogen-bond donors (Lipinski definition) is 1. The van der Waals surface area contributed by atoms with Crippen molar-refractivity contribution in [1.29, 1.82) is 0 Å². The van der Waals surface area contributed by atoms with Crippen molar-refractivity contribution in [1.82, 2.24) is 0 Å². The molecule has 0 bridgehead atoms. The van der Waals surface area contributed by atoms with E-state index < -0.39 is 0 Å². The molecule has 0 fully saturated rings. The Morgan fingerprint density at radius 3 is 2.65 bits per heavy atom. The molecule has 1 unspecified atom stereocenters. The zero-order valence-electron chi connectivity index (χ0n) is 10.7. The molecule has 96 valence electrons. The third-order valence-corrected chi connectivity index (χ3v) is 2.87. The van der Waals surface area contributed by atoms with Gasteiger partial charge in [0.15, 0.2) is 0 Å². The van der Waals surface area contributed by atoms with Gasteiger partial charge in [-0.05, 0) is 26.0 Å². The summed E-state index contributed by atoms with van der Waals surface area (Å²) in [4.78, 5) is 2.10. The first kappa shape index (κ1) is 13.9. The smallest absolute Gasteiger partial charge is 0.129 e. The molecule has 0 aliphatic heterocycles.